The zero-order chi connectivity index (χ0) is 16.4. The molecule has 0 fully saturated rings. The maximum Gasteiger partial charge on any atom is 0.246 e. The van der Waals surface area contributed by atoms with Gasteiger partial charge < -0.3 is 15.1 Å². The molecule has 0 aromatic heterocycles. The summed E-state index contributed by atoms with van der Waals surface area (Å²) in [5, 5.41) is 3.08. The summed E-state index contributed by atoms with van der Waals surface area (Å²) >= 11 is 0. The van der Waals surface area contributed by atoms with Crippen molar-refractivity contribution in [2.24, 2.45) is 0 Å². The maximum atomic E-state index is 12.7. The first-order valence-corrected chi connectivity index (χ1v) is 7.99. The molecule has 4 heteroatoms. The first kappa shape index (κ1) is 15.4. The van der Waals surface area contributed by atoms with Crippen molar-refractivity contribution in [3.63, 3.8) is 0 Å². The molecule has 1 aliphatic rings. The van der Waals surface area contributed by atoms with Crippen LogP contribution in [0, 0.1) is 0 Å². The van der Waals surface area contributed by atoms with Crippen LogP contribution in [0.2, 0.25) is 0 Å². The van der Waals surface area contributed by atoms with Gasteiger partial charge in [0.15, 0.2) is 0 Å². The fraction of sp³-hybridized carbons (Fsp3) is 0.316. The minimum atomic E-state index is -0.200. The number of carbonyl (C=O) groups excluding carboxylic acids is 1. The first-order chi connectivity index (χ1) is 11.1. The van der Waals surface area contributed by atoms with Crippen LogP contribution in [0.4, 0.5) is 17.1 Å². The van der Waals surface area contributed by atoms with Gasteiger partial charge in [-0.15, -0.1) is 0 Å². The van der Waals surface area contributed by atoms with Crippen molar-refractivity contribution >= 4 is 23.0 Å². The predicted molar refractivity (Wildman–Crippen MR) is 96.4 cm³/mol. The number of amides is 1. The van der Waals surface area contributed by atoms with E-state index in [0.29, 0.717) is 0 Å². The molecule has 1 N–H and O–H groups in total. The Morgan fingerprint density at radius 2 is 1.83 bits per heavy atom. The van der Waals surface area contributed by atoms with Crippen LogP contribution in [-0.2, 0) is 11.2 Å². The largest absolute Gasteiger partial charge is 0.376 e. The molecule has 0 radical (unpaired) electrons. The second-order valence-electron chi connectivity index (χ2n) is 6.15. The van der Waals surface area contributed by atoms with Gasteiger partial charge in [0.05, 0.1) is 11.4 Å². The van der Waals surface area contributed by atoms with E-state index in [1.165, 1.54) is 11.3 Å². The molecule has 0 saturated heterocycles. The Balaban J connectivity index is 1.77. The molecule has 1 aliphatic heterocycles. The number of nitrogens with one attached hydrogen (secondary N) is 1. The normalized spacial score (nSPS) is 14.3. The number of anilines is 3. The Labute approximate surface area is 137 Å². The summed E-state index contributed by atoms with van der Waals surface area (Å²) in [6, 6.07) is 16.0. The van der Waals surface area contributed by atoms with E-state index in [-0.39, 0.29) is 11.9 Å². The predicted octanol–water partition coefficient (Wildman–Crippen LogP) is 3.14. The smallest absolute Gasteiger partial charge is 0.246 e. The van der Waals surface area contributed by atoms with E-state index in [2.05, 4.69) is 28.4 Å². The number of fused-ring (bicyclic) bond motifs is 1. The fourth-order valence-electron chi connectivity index (χ4n) is 3.11. The van der Waals surface area contributed by atoms with Crippen LogP contribution in [0.5, 0.6) is 0 Å². The van der Waals surface area contributed by atoms with E-state index >= 15 is 0 Å². The van der Waals surface area contributed by atoms with E-state index in [1.54, 1.807) is 0 Å². The van der Waals surface area contributed by atoms with Crippen LogP contribution >= 0.6 is 0 Å². The minimum absolute atomic E-state index is 0.0241. The molecule has 23 heavy (non-hydrogen) atoms. The monoisotopic (exact) mass is 309 g/mol. The quantitative estimate of drug-likeness (QED) is 0.942. The highest BCUT2D eigenvalue weighted by atomic mass is 16.2. The molecular formula is C19H23N3O. The lowest BCUT2D eigenvalue weighted by Gasteiger charge is -2.27. The molecule has 2 aromatic carbocycles. The topological polar surface area (TPSA) is 35.6 Å². The first-order valence-electron chi connectivity index (χ1n) is 7.99. The molecule has 1 atom stereocenters. The summed E-state index contributed by atoms with van der Waals surface area (Å²) in [4.78, 5) is 16.9. The van der Waals surface area contributed by atoms with Crippen LogP contribution in [0.25, 0.3) is 0 Å². The number of carbonyl (C=O) groups is 1. The number of hydrogen-bond donors (Lipinski definition) is 1. The summed E-state index contributed by atoms with van der Waals surface area (Å²) in [6.07, 6.45) is 1.00. The van der Waals surface area contributed by atoms with E-state index in [0.717, 1.165) is 24.3 Å². The summed E-state index contributed by atoms with van der Waals surface area (Å²) in [6.45, 7) is 2.86. The summed E-state index contributed by atoms with van der Waals surface area (Å²) < 4.78 is 0. The van der Waals surface area contributed by atoms with Crippen molar-refractivity contribution in [1.29, 1.82) is 0 Å². The Hall–Kier alpha value is -2.49. The lowest BCUT2D eigenvalue weighted by molar-refractivity contribution is -0.117. The molecule has 1 amide bonds. The van der Waals surface area contributed by atoms with Crippen LogP contribution in [0.1, 0.15) is 12.5 Å². The van der Waals surface area contributed by atoms with Gasteiger partial charge in [0, 0.05) is 26.3 Å². The van der Waals surface area contributed by atoms with Crippen LogP contribution < -0.4 is 15.1 Å². The van der Waals surface area contributed by atoms with Gasteiger partial charge in [0.1, 0.15) is 6.04 Å². The molecule has 2 aromatic rings. The summed E-state index contributed by atoms with van der Waals surface area (Å²) in [5.74, 6) is 0.0241. The number of para-hydroxylation sites is 3. The molecule has 0 unspecified atom stereocenters. The van der Waals surface area contributed by atoms with E-state index in [9.17, 15) is 4.79 Å². The molecule has 4 nitrogen and oxygen atoms in total. The van der Waals surface area contributed by atoms with Crippen LogP contribution in [-0.4, -0.2) is 32.6 Å². The van der Waals surface area contributed by atoms with Crippen molar-refractivity contribution in [3.05, 3.63) is 54.1 Å². The van der Waals surface area contributed by atoms with Crippen LogP contribution in [0.3, 0.4) is 0 Å². The van der Waals surface area contributed by atoms with Crippen molar-refractivity contribution in [1.82, 2.24) is 0 Å². The second kappa shape index (κ2) is 6.32. The highest BCUT2D eigenvalue weighted by molar-refractivity contribution is 5.99. The minimum Gasteiger partial charge on any atom is -0.376 e. The van der Waals surface area contributed by atoms with Gasteiger partial charge in [-0.25, -0.2) is 0 Å². The third-order valence-electron chi connectivity index (χ3n) is 4.41. The number of benzene rings is 2. The Kier molecular flexibility index (Phi) is 4.24. The standard InChI is InChI=1S/C19H23N3O/c1-14(22-13-12-15-8-4-6-10-17(15)22)19(23)20-16-9-5-7-11-18(16)21(2)3/h4-11,14H,12-13H2,1-3H3,(H,20,23)/t14-/m1/s1. The zero-order valence-corrected chi connectivity index (χ0v) is 13.9. The van der Waals surface area contributed by atoms with Gasteiger partial charge in [-0.3, -0.25) is 4.79 Å². The fourth-order valence-corrected chi connectivity index (χ4v) is 3.11. The van der Waals surface area contributed by atoms with Gasteiger partial charge in [-0.05, 0) is 37.1 Å². The average molecular weight is 309 g/mol. The molecule has 0 aliphatic carbocycles. The van der Waals surface area contributed by atoms with E-state index in [1.807, 2.05) is 56.3 Å². The van der Waals surface area contributed by atoms with Gasteiger partial charge in [0.25, 0.3) is 0 Å². The molecule has 120 valence electrons. The molecular weight excluding hydrogens is 286 g/mol. The average Bonchev–Trinajstić information content (AvgIpc) is 2.98. The number of nitrogens with zero attached hydrogens (tertiary/aromatic N) is 2. The number of hydrogen-bond acceptors (Lipinski definition) is 3. The SMILES string of the molecule is C[C@H](C(=O)Nc1ccccc1N(C)C)N1CCc2ccccc21. The second-order valence-corrected chi connectivity index (χ2v) is 6.15. The molecule has 0 spiro atoms. The molecule has 0 saturated carbocycles. The molecule has 3 rings (SSSR count). The third-order valence-corrected chi connectivity index (χ3v) is 4.41. The van der Waals surface area contributed by atoms with Crippen molar-refractivity contribution in [2.75, 3.05) is 35.8 Å². The van der Waals surface area contributed by atoms with Crippen molar-refractivity contribution in [2.45, 2.75) is 19.4 Å². The Morgan fingerprint density at radius 1 is 1.13 bits per heavy atom. The Bertz CT molecular complexity index is 711. The highest BCUT2D eigenvalue weighted by Crippen LogP contribution is 2.30. The van der Waals surface area contributed by atoms with Gasteiger partial charge in [-0.2, -0.15) is 0 Å². The summed E-state index contributed by atoms with van der Waals surface area (Å²) in [5.41, 5.74) is 4.36. The van der Waals surface area contributed by atoms with E-state index in [4.69, 9.17) is 0 Å². The Morgan fingerprint density at radius 3 is 2.61 bits per heavy atom. The van der Waals surface area contributed by atoms with Crippen molar-refractivity contribution in [3.8, 4) is 0 Å². The lowest BCUT2D eigenvalue weighted by Crippen LogP contribution is -2.41. The van der Waals surface area contributed by atoms with Gasteiger partial charge in [-0.1, -0.05) is 30.3 Å². The number of rotatable bonds is 4. The van der Waals surface area contributed by atoms with E-state index < -0.39 is 0 Å². The molecule has 0 bridgehead atoms. The van der Waals surface area contributed by atoms with Crippen molar-refractivity contribution < 1.29 is 4.79 Å². The molecule has 1 heterocycles. The maximum absolute atomic E-state index is 12.7. The summed E-state index contributed by atoms with van der Waals surface area (Å²) in [7, 11) is 3.95. The van der Waals surface area contributed by atoms with Gasteiger partial charge in [0.2, 0.25) is 5.91 Å². The van der Waals surface area contributed by atoms with Gasteiger partial charge >= 0.3 is 0 Å². The zero-order valence-electron chi connectivity index (χ0n) is 13.9. The highest BCUT2D eigenvalue weighted by Gasteiger charge is 2.27. The third kappa shape index (κ3) is 3.02. The lowest BCUT2D eigenvalue weighted by atomic mass is 10.1. The van der Waals surface area contributed by atoms with Crippen LogP contribution in [0.15, 0.2) is 48.5 Å².